The maximum atomic E-state index is 12.8. The van der Waals surface area contributed by atoms with Crippen LogP contribution in [0.1, 0.15) is 11.1 Å². The van der Waals surface area contributed by atoms with E-state index in [0.717, 1.165) is 6.07 Å². The maximum absolute atomic E-state index is 12.8. The summed E-state index contributed by atoms with van der Waals surface area (Å²) >= 11 is 0. The molecule has 20 heavy (non-hydrogen) atoms. The first-order valence-electron chi connectivity index (χ1n) is 5.90. The van der Waals surface area contributed by atoms with Gasteiger partial charge in [0.15, 0.2) is 0 Å². The van der Waals surface area contributed by atoms with Crippen molar-refractivity contribution in [2.24, 2.45) is 0 Å². The minimum atomic E-state index is -4.36. The fraction of sp³-hybridized carbons (Fsp3) is 0.231. The van der Waals surface area contributed by atoms with Crippen LogP contribution in [-0.4, -0.2) is 17.0 Å². The topological polar surface area (TPSA) is 49.8 Å². The minimum absolute atomic E-state index is 0.0376. The van der Waals surface area contributed by atoms with Gasteiger partial charge in [-0.25, -0.2) is 4.98 Å². The van der Waals surface area contributed by atoms with Crippen molar-refractivity contribution in [1.82, 2.24) is 9.97 Å². The van der Waals surface area contributed by atoms with Gasteiger partial charge in [0.2, 0.25) is 5.95 Å². The molecule has 1 aromatic carbocycles. The maximum Gasteiger partial charge on any atom is 0.416 e. The lowest BCUT2D eigenvalue weighted by molar-refractivity contribution is -0.138. The van der Waals surface area contributed by atoms with E-state index in [0.29, 0.717) is 11.8 Å². The fourth-order valence-electron chi connectivity index (χ4n) is 1.71. The molecule has 0 aliphatic rings. The van der Waals surface area contributed by atoms with Gasteiger partial charge in [-0.1, -0.05) is 18.2 Å². The van der Waals surface area contributed by atoms with Gasteiger partial charge in [-0.3, -0.25) is 0 Å². The molecule has 0 aliphatic carbocycles. The molecule has 7 heteroatoms. The van der Waals surface area contributed by atoms with Crippen molar-refractivity contribution in [2.75, 3.05) is 17.7 Å². The number of alkyl halides is 3. The second-order valence-electron chi connectivity index (χ2n) is 4.02. The van der Waals surface area contributed by atoms with Gasteiger partial charge in [-0.2, -0.15) is 18.2 Å². The lowest BCUT2D eigenvalue weighted by Gasteiger charge is -2.13. The van der Waals surface area contributed by atoms with Crippen LogP contribution < -0.4 is 10.6 Å². The van der Waals surface area contributed by atoms with E-state index in [1.165, 1.54) is 18.3 Å². The summed E-state index contributed by atoms with van der Waals surface area (Å²) in [6.45, 7) is 0.0376. The number of benzene rings is 1. The van der Waals surface area contributed by atoms with Crippen LogP contribution in [0, 0.1) is 0 Å². The van der Waals surface area contributed by atoms with Gasteiger partial charge < -0.3 is 10.6 Å². The highest BCUT2D eigenvalue weighted by molar-refractivity contribution is 5.41. The number of anilines is 2. The Balaban J connectivity index is 2.15. The van der Waals surface area contributed by atoms with E-state index in [1.54, 1.807) is 19.2 Å². The quantitative estimate of drug-likeness (QED) is 0.904. The van der Waals surface area contributed by atoms with Gasteiger partial charge in [-0.15, -0.1) is 0 Å². The Bertz CT molecular complexity index is 584. The third-order valence-corrected chi connectivity index (χ3v) is 2.66. The first kappa shape index (κ1) is 14.1. The van der Waals surface area contributed by atoms with Crippen LogP contribution in [0.2, 0.25) is 0 Å². The molecule has 0 amide bonds. The molecule has 0 radical (unpaired) electrons. The van der Waals surface area contributed by atoms with Crippen LogP contribution in [-0.2, 0) is 12.7 Å². The summed E-state index contributed by atoms with van der Waals surface area (Å²) in [7, 11) is 1.66. The van der Waals surface area contributed by atoms with Crippen molar-refractivity contribution in [3.05, 3.63) is 47.7 Å². The van der Waals surface area contributed by atoms with E-state index in [-0.39, 0.29) is 12.1 Å². The molecule has 1 aromatic heterocycles. The summed E-state index contributed by atoms with van der Waals surface area (Å²) in [4.78, 5) is 8.01. The summed E-state index contributed by atoms with van der Waals surface area (Å²) in [5.41, 5.74) is -0.472. The van der Waals surface area contributed by atoms with E-state index in [9.17, 15) is 13.2 Å². The minimum Gasteiger partial charge on any atom is -0.366 e. The first-order valence-corrected chi connectivity index (χ1v) is 5.90. The van der Waals surface area contributed by atoms with Crippen molar-refractivity contribution < 1.29 is 13.2 Å². The zero-order valence-corrected chi connectivity index (χ0v) is 10.7. The molecular formula is C13H13F3N4. The van der Waals surface area contributed by atoms with Crippen LogP contribution >= 0.6 is 0 Å². The second-order valence-corrected chi connectivity index (χ2v) is 4.02. The normalized spacial score (nSPS) is 11.2. The Morgan fingerprint density at radius 1 is 1.15 bits per heavy atom. The van der Waals surface area contributed by atoms with Gasteiger partial charge in [0.25, 0.3) is 0 Å². The smallest absolute Gasteiger partial charge is 0.366 e. The average molecular weight is 282 g/mol. The Morgan fingerprint density at radius 3 is 2.60 bits per heavy atom. The van der Waals surface area contributed by atoms with Crippen molar-refractivity contribution in [3.8, 4) is 0 Å². The molecule has 2 aromatic rings. The van der Waals surface area contributed by atoms with E-state index >= 15 is 0 Å². The Hall–Kier alpha value is -2.31. The Kier molecular flexibility index (Phi) is 4.07. The number of hydrogen-bond acceptors (Lipinski definition) is 4. The van der Waals surface area contributed by atoms with Crippen LogP contribution in [0.4, 0.5) is 24.9 Å². The van der Waals surface area contributed by atoms with Crippen LogP contribution in [0.15, 0.2) is 36.5 Å². The number of hydrogen-bond donors (Lipinski definition) is 2. The molecule has 2 N–H and O–H groups in total. The van der Waals surface area contributed by atoms with E-state index in [1.807, 2.05) is 0 Å². The molecule has 106 valence electrons. The molecule has 2 rings (SSSR count). The summed E-state index contributed by atoms with van der Waals surface area (Å²) in [5, 5.41) is 5.62. The number of aromatic nitrogens is 2. The van der Waals surface area contributed by atoms with Gasteiger partial charge >= 0.3 is 6.18 Å². The van der Waals surface area contributed by atoms with Crippen molar-refractivity contribution in [1.29, 1.82) is 0 Å². The van der Waals surface area contributed by atoms with Crippen molar-refractivity contribution in [2.45, 2.75) is 12.7 Å². The Labute approximate surface area is 114 Å². The van der Waals surface area contributed by atoms with E-state index < -0.39 is 11.7 Å². The zero-order valence-electron chi connectivity index (χ0n) is 10.7. The average Bonchev–Trinajstić information content (AvgIpc) is 2.44. The SMILES string of the molecule is CNc1nccc(NCc2ccccc2C(F)(F)F)n1. The lowest BCUT2D eigenvalue weighted by atomic mass is 10.1. The number of nitrogens with one attached hydrogen (secondary N) is 2. The van der Waals surface area contributed by atoms with Crippen molar-refractivity contribution >= 4 is 11.8 Å². The van der Waals surface area contributed by atoms with E-state index in [4.69, 9.17) is 0 Å². The summed E-state index contributed by atoms with van der Waals surface area (Å²) < 4.78 is 38.5. The standard InChI is InChI=1S/C13H13F3N4/c1-17-12-18-7-6-11(20-12)19-8-9-4-2-3-5-10(9)13(14,15)16/h2-7H,8H2,1H3,(H2,17,18,19,20). The highest BCUT2D eigenvalue weighted by Gasteiger charge is 2.32. The highest BCUT2D eigenvalue weighted by Crippen LogP contribution is 2.32. The molecule has 4 nitrogen and oxygen atoms in total. The molecule has 0 atom stereocenters. The fourth-order valence-corrected chi connectivity index (χ4v) is 1.71. The number of halogens is 3. The van der Waals surface area contributed by atoms with Gasteiger partial charge in [-0.05, 0) is 17.7 Å². The number of rotatable bonds is 4. The molecule has 0 aliphatic heterocycles. The molecule has 0 saturated carbocycles. The third-order valence-electron chi connectivity index (χ3n) is 2.66. The molecular weight excluding hydrogens is 269 g/mol. The monoisotopic (exact) mass is 282 g/mol. The van der Waals surface area contributed by atoms with E-state index in [2.05, 4.69) is 20.6 Å². The van der Waals surface area contributed by atoms with Gasteiger partial charge in [0.05, 0.1) is 5.56 Å². The van der Waals surface area contributed by atoms with Crippen LogP contribution in [0.3, 0.4) is 0 Å². The highest BCUT2D eigenvalue weighted by atomic mass is 19.4. The summed E-state index contributed by atoms with van der Waals surface area (Å²) in [6.07, 6.45) is -2.84. The van der Waals surface area contributed by atoms with Gasteiger partial charge in [0.1, 0.15) is 5.82 Å². The molecule has 0 saturated heterocycles. The zero-order chi connectivity index (χ0) is 14.6. The molecule has 0 spiro atoms. The predicted molar refractivity (Wildman–Crippen MR) is 70.3 cm³/mol. The van der Waals surface area contributed by atoms with Crippen LogP contribution in [0.25, 0.3) is 0 Å². The predicted octanol–water partition coefficient (Wildman–Crippen LogP) is 3.15. The third kappa shape index (κ3) is 3.37. The Morgan fingerprint density at radius 2 is 1.90 bits per heavy atom. The summed E-state index contributed by atoms with van der Waals surface area (Å²) in [6, 6.07) is 7.05. The van der Waals surface area contributed by atoms with Crippen LogP contribution in [0.5, 0.6) is 0 Å². The molecule has 0 bridgehead atoms. The lowest BCUT2D eigenvalue weighted by Crippen LogP contribution is -2.12. The number of nitrogens with zero attached hydrogens (tertiary/aromatic N) is 2. The molecule has 0 unspecified atom stereocenters. The first-order chi connectivity index (χ1) is 9.50. The van der Waals surface area contributed by atoms with Gasteiger partial charge in [0, 0.05) is 19.8 Å². The molecule has 1 heterocycles. The second kappa shape index (κ2) is 5.77. The molecule has 0 fully saturated rings. The van der Waals surface area contributed by atoms with Crippen molar-refractivity contribution in [3.63, 3.8) is 0 Å². The largest absolute Gasteiger partial charge is 0.416 e. The summed E-state index contributed by atoms with van der Waals surface area (Å²) in [5.74, 6) is 0.862.